The molecule has 0 unspecified atom stereocenters. The lowest BCUT2D eigenvalue weighted by molar-refractivity contribution is -0.142. The first kappa shape index (κ1) is 27.7. The van der Waals surface area contributed by atoms with Gasteiger partial charge in [-0.25, -0.2) is 4.68 Å². The number of hydrogen-bond acceptors (Lipinski definition) is 4. The van der Waals surface area contributed by atoms with Crippen LogP contribution in [-0.2, 0) is 18.1 Å². The maximum atomic E-state index is 13.4. The highest BCUT2D eigenvalue weighted by atomic mass is 35.5. The number of benzene rings is 2. The molecule has 0 fully saturated rings. The first-order chi connectivity index (χ1) is 16.8. The normalized spacial score (nSPS) is 11.8. The molecule has 5 nitrogen and oxygen atoms in total. The van der Waals surface area contributed by atoms with Crippen molar-refractivity contribution in [2.24, 2.45) is 0 Å². The van der Waals surface area contributed by atoms with Crippen LogP contribution in [0.4, 0.5) is 13.2 Å². The topological polar surface area (TPSA) is 45.5 Å². The third-order valence-corrected chi connectivity index (χ3v) is 5.45. The average Bonchev–Trinajstić information content (AvgIpc) is 3.12. The summed E-state index contributed by atoms with van der Waals surface area (Å²) in [6.07, 6.45) is -2.33. The van der Waals surface area contributed by atoms with Crippen LogP contribution in [0.5, 0.6) is 28.9 Å². The molecule has 3 aromatic rings. The van der Waals surface area contributed by atoms with Gasteiger partial charge in [0.25, 0.3) is 0 Å². The molecule has 0 N–H and O–H groups in total. The van der Waals surface area contributed by atoms with Crippen molar-refractivity contribution in [1.29, 1.82) is 0 Å². The van der Waals surface area contributed by atoms with E-state index >= 15 is 0 Å². The molecule has 194 valence electrons. The van der Waals surface area contributed by atoms with Gasteiger partial charge in [-0.1, -0.05) is 30.1 Å². The molecule has 0 amide bonds. The summed E-state index contributed by atoms with van der Waals surface area (Å²) in [5.41, 5.74) is -0.825. The maximum Gasteiger partial charge on any atom is 0.435 e. The zero-order valence-electron chi connectivity index (χ0n) is 20.5. The number of alkyl halides is 3. The minimum atomic E-state index is -4.58. The second-order valence-electron chi connectivity index (χ2n) is 8.96. The van der Waals surface area contributed by atoms with E-state index in [4.69, 9.17) is 37.4 Å². The maximum absolute atomic E-state index is 13.4. The van der Waals surface area contributed by atoms with Crippen LogP contribution < -0.4 is 14.2 Å². The quantitative estimate of drug-likeness (QED) is 0.285. The summed E-state index contributed by atoms with van der Waals surface area (Å²) in [6, 6.07) is 12.1. The van der Waals surface area contributed by atoms with Gasteiger partial charge in [0.2, 0.25) is 5.88 Å². The summed E-state index contributed by atoms with van der Waals surface area (Å²) in [6.45, 7) is 8.86. The molecule has 0 bridgehead atoms. The Bertz CT molecular complexity index is 1230. The first-order valence-electron chi connectivity index (χ1n) is 11.2. The Morgan fingerprint density at radius 2 is 1.56 bits per heavy atom. The fraction of sp³-hybridized carbons (Fsp3) is 0.346. The Kier molecular flexibility index (Phi) is 8.52. The third kappa shape index (κ3) is 6.89. The van der Waals surface area contributed by atoms with Gasteiger partial charge in [0.1, 0.15) is 34.1 Å². The van der Waals surface area contributed by atoms with Gasteiger partial charge in [0.15, 0.2) is 5.69 Å². The molecular weight excluding hydrogens is 516 g/mol. The van der Waals surface area contributed by atoms with Crippen LogP contribution >= 0.6 is 23.2 Å². The Labute approximate surface area is 218 Å². The molecule has 1 aromatic heterocycles. The molecule has 0 aliphatic rings. The SMILES string of the molecule is CCc1cc(OCC=C(Cl)Cl)ccc1Oc1ccc(Oc2c(C)c(C(F)(F)F)nn2C(C)(C)C)cc1. The Balaban J connectivity index is 1.79. The number of hydrogen-bond donors (Lipinski definition) is 0. The van der Waals surface area contributed by atoms with Gasteiger partial charge in [-0.15, -0.1) is 0 Å². The van der Waals surface area contributed by atoms with Gasteiger partial charge in [-0.2, -0.15) is 18.3 Å². The Hall–Kier alpha value is -2.84. The second-order valence-corrected chi connectivity index (χ2v) is 9.97. The molecule has 10 heteroatoms. The largest absolute Gasteiger partial charge is 0.489 e. The minimum absolute atomic E-state index is 0.0395. The van der Waals surface area contributed by atoms with Crippen molar-refractivity contribution >= 4 is 23.2 Å². The lowest BCUT2D eigenvalue weighted by atomic mass is 10.1. The van der Waals surface area contributed by atoms with Gasteiger partial charge >= 0.3 is 6.18 Å². The summed E-state index contributed by atoms with van der Waals surface area (Å²) >= 11 is 11.2. The molecule has 1 heterocycles. The lowest BCUT2D eigenvalue weighted by Gasteiger charge is -2.22. The van der Waals surface area contributed by atoms with Crippen LogP contribution in [0.2, 0.25) is 0 Å². The molecule has 0 saturated carbocycles. The molecule has 0 spiro atoms. The zero-order chi connectivity index (χ0) is 26.7. The van der Waals surface area contributed by atoms with Crippen molar-refractivity contribution < 1.29 is 27.4 Å². The summed E-state index contributed by atoms with van der Waals surface area (Å²) < 4.78 is 59.2. The van der Waals surface area contributed by atoms with E-state index in [1.807, 2.05) is 13.0 Å². The summed E-state index contributed by atoms with van der Waals surface area (Å²) in [5, 5.41) is 3.79. The second kappa shape index (κ2) is 11.0. The van der Waals surface area contributed by atoms with Crippen molar-refractivity contribution in [2.45, 2.75) is 52.8 Å². The third-order valence-electron chi connectivity index (χ3n) is 5.14. The number of rotatable bonds is 8. The standard InChI is InChI=1S/C26H27Cl2F3N2O3/c1-6-17-15-20(34-14-13-22(27)28)11-12-21(17)35-18-7-9-19(10-8-18)36-24-16(2)23(26(29,30)31)32-33(24)25(3,4)5/h7-13,15H,6,14H2,1-5H3. The number of halogens is 5. The van der Waals surface area contributed by atoms with Crippen molar-refractivity contribution in [2.75, 3.05) is 6.61 Å². The van der Waals surface area contributed by atoms with Gasteiger partial charge in [0.05, 0.1) is 5.54 Å². The number of ether oxygens (including phenoxy) is 3. The van der Waals surface area contributed by atoms with E-state index in [1.54, 1.807) is 63.2 Å². The molecular formula is C26H27Cl2F3N2O3. The Morgan fingerprint density at radius 1 is 0.972 bits per heavy atom. The van der Waals surface area contributed by atoms with Crippen molar-refractivity contribution in [1.82, 2.24) is 9.78 Å². The predicted molar refractivity (Wildman–Crippen MR) is 135 cm³/mol. The van der Waals surface area contributed by atoms with Crippen LogP contribution in [0.25, 0.3) is 0 Å². The molecule has 0 atom stereocenters. The van der Waals surface area contributed by atoms with E-state index in [2.05, 4.69) is 5.10 Å². The average molecular weight is 543 g/mol. The highest BCUT2D eigenvalue weighted by Gasteiger charge is 2.40. The van der Waals surface area contributed by atoms with Crippen LogP contribution in [0.3, 0.4) is 0 Å². The van der Waals surface area contributed by atoms with Crippen LogP contribution in [0, 0.1) is 6.92 Å². The van der Waals surface area contributed by atoms with Gasteiger partial charge in [-0.3, -0.25) is 0 Å². The molecule has 0 radical (unpaired) electrons. The van der Waals surface area contributed by atoms with E-state index in [9.17, 15) is 13.2 Å². The predicted octanol–water partition coefficient (Wildman–Crippen LogP) is 8.81. The van der Waals surface area contributed by atoms with E-state index in [0.29, 0.717) is 29.4 Å². The van der Waals surface area contributed by atoms with Crippen LogP contribution in [0.15, 0.2) is 53.0 Å². The minimum Gasteiger partial charge on any atom is -0.489 e. The smallest absolute Gasteiger partial charge is 0.435 e. The molecule has 0 saturated heterocycles. The van der Waals surface area contributed by atoms with Crippen molar-refractivity contribution in [3.8, 4) is 28.9 Å². The molecule has 3 rings (SSSR count). The van der Waals surface area contributed by atoms with Crippen molar-refractivity contribution in [3.05, 3.63) is 69.9 Å². The van der Waals surface area contributed by atoms with E-state index in [0.717, 1.165) is 5.56 Å². The fourth-order valence-corrected chi connectivity index (χ4v) is 3.49. The molecule has 0 aliphatic carbocycles. The highest BCUT2D eigenvalue weighted by molar-refractivity contribution is 6.55. The van der Waals surface area contributed by atoms with Crippen molar-refractivity contribution in [3.63, 3.8) is 0 Å². The molecule has 2 aromatic carbocycles. The molecule has 0 aliphatic heterocycles. The van der Waals surface area contributed by atoms with Gasteiger partial charge in [0, 0.05) is 5.56 Å². The lowest BCUT2D eigenvalue weighted by Crippen LogP contribution is -2.24. The highest BCUT2D eigenvalue weighted by Crippen LogP contribution is 2.39. The molecule has 36 heavy (non-hydrogen) atoms. The van der Waals surface area contributed by atoms with Gasteiger partial charge in [-0.05, 0) is 88.2 Å². The number of aromatic nitrogens is 2. The van der Waals surface area contributed by atoms with Gasteiger partial charge < -0.3 is 14.2 Å². The van der Waals surface area contributed by atoms with Crippen LogP contribution in [0.1, 0.15) is 44.5 Å². The zero-order valence-corrected chi connectivity index (χ0v) is 22.1. The summed E-state index contributed by atoms with van der Waals surface area (Å²) in [7, 11) is 0. The number of aryl methyl sites for hydroxylation is 1. The van der Waals surface area contributed by atoms with E-state index in [1.165, 1.54) is 11.6 Å². The number of nitrogens with zero attached hydrogens (tertiary/aromatic N) is 2. The first-order valence-corrected chi connectivity index (χ1v) is 11.9. The Morgan fingerprint density at radius 3 is 2.08 bits per heavy atom. The van der Waals surface area contributed by atoms with E-state index in [-0.39, 0.29) is 22.5 Å². The summed E-state index contributed by atoms with van der Waals surface area (Å²) in [5.74, 6) is 2.24. The van der Waals surface area contributed by atoms with Crippen LogP contribution in [-0.4, -0.2) is 16.4 Å². The fourth-order valence-electron chi connectivity index (χ4n) is 3.36. The van der Waals surface area contributed by atoms with E-state index < -0.39 is 17.4 Å². The summed E-state index contributed by atoms with van der Waals surface area (Å²) in [4.78, 5) is 0. The monoisotopic (exact) mass is 542 g/mol.